The highest BCUT2D eigenvalue weighted by Gasteiger charge is 2.30. The Balaban J connectivity index is 1.89. The zero-order valence-electron chi connectivity index (χ0n) is 16.0. The summed E-state index contributed by atoms with van der Waals surface area (Å²) in [6.45, 7) is 6.99. The highest BCUT2D eigenvalue weighted by molar-refractivity contribution is 5.82. The molecule has 0 aromatic heterocycles. The molecule has 0 spiro atoms. The van der Waals surface area contributed by atoms with E-state index < -0.39 is 17.7 Å². The fourth-order valence-corrected chi connectivity index (χ4v) is 2.17. The van der Waals surface area contributed by atoms with Crippen LogP contribution in [0.25, 0.3) is 0 Å². The van der Waals surface area contributed by atoms with Crippen molar-refractivity contribution in [1.82, 2.24) is 0 Å². The molecule has 4 nitrogen and oxygen atoms in total. The molecule has 0 radical (unpaired) electrons. The molecule has 0 bridgehead atoms. The highest BCUT2D eigenvalue weighted by Crippen LogP contribution is 2.31. The summed E-state index contributed by atoms with van der Waals surface area (Å²) in [4.78, 5) is 11.6. The minimum atomic E-state index is -4.39. The van der Waals surface area contributed by atoms with Crippen LogP contribution < -0.4 is 9.47 Å². The van der Waals surface area contributed by atoms with Gasteiger partial charge in [-0.05, 0) is 68.5 Å². The minimum absolute atomic E-state index is 0.287. The zero-order chi connectivity index (χ0) is 21.4. The standard InChI is InChI=1S/C22H21F3O4/c1-4-15(2)28-21(26)14-5-16(3)27-18-10-12-20(13-11-18)29-19-8-6-17(7-9-19)22(23,24)25/h4-16H,1H2,2-3H3/b14-5+. The van der Waals surface area contributed by atoms with Gasteiger partial charge in [-0.25, -0.2) is 4.79 Å². The van der Waals surface area contributed by atoms with Gasteiger partial charge in [0.25, 0.3) is 0 Å². The van der Waals surface area contributed by atoms with E-state index in [-0.39, 0.29) is 18.0 Å². The Kier molecular flexibility index (Phi) is 7.47. The summed E-state index contributed by atoms with van der Waals surface area (Å²) in [5, 5.41) is 0. The van der Waals surface area contributed by atoms with Gasteiger partial charge in [-0.3, -0.25) is 0 Å². The first-order valence-electron chi connectivity index (χ1n) is 8.80. The summed E-state index contributed by atoms with van der Waals surface area (Å²) in [7, 11) is 0. The maximum atomic E-state index is 12.6. The van der Waals surface area contributed by atoms with Gasteiger partial charge in [-0.1, -0.05) is 12.7 Å². The van der Waals surface area contributed by atoms with Gasteiger partial charge in [0.1, 0.15) is 29.5 Å². The highest BCUT2D eigenvalue weighted by atomic mass is 19.4. The molecule has 0 saturated heterocycles. The first kappa shape index (κ1) is 22.1. The van der Waals surface area contributed by atoms with Crippen molar-refractivity contribution < 1.29 is 32.2 Å². The molecule has 7 heteroatoms. The number of halogens is 3. The second kappa shape index (κ2) is 9.82. The fourth-order valence-electron chi connectivity index (χ4n) is 2.17. The lowest BCUT2D eigenvalue weighted by molar-refractivity contribution is -0.140. The number of hydrogen-bond acceptors (Lipinski definition) is 4. The quantitative estimate of drug-likeness (QED) is 0.309. The van der Waals surface area contributed by atoms with Crippen LogP contribution in [-0.4, -0.2) is 18.2 Å². The van der Waals surface area contributed by atoms with Crippen molar-refractivity contribution in [2.75, 3.05) is 0 Å². The average Bonchev–Trinajstić information content (AvgIpc) is 2.67. The number of rotatable bonds is 8. The number of hydrogen-bond donors (Lipinski definition) is 0. The first-order chi connectivity index (χ1) is 13.7. The molecule has 0 heterocycles. The van der Waals surface area contributed by atoms with Crippen LogP contribution >= 0.6 is 0 Å². The first-order valence-corrected chi connectivity index (χ1v) is 8.80. The van der Waals surface area contributed by atoms with Crippen LogP contribution in [0.4, 0.5) is 13.2 Å². The van der Waals surface area contributed by atoms with E-state index in [4.69, 9.17) is 14.2 Å². The van der Waals surface area contributed by atoms with Crippen molar-refractivity contribution in [3.63, 3.8) is 0 Å². The topological polar surface area (TPSA) is 44.8 Å². The molecule has 0 saturated carbocycles. The molecule has 2 atom stereocenters. The van der Waals surface area contributed by atoms with E-state index in [2.05, 4.69) is 6.58 Å². The maximum Gasteiger partial charge on any atom is 0.416 e. The summed E-state index contributed by atoms with van der Waals surface area (Å²) in [6.07, 6.45) is -0.787. The number of alkyl halides is 3. The number of esters is 1. The summed E-state index contributed by atoms with van der Waals surface area (Å²) in [6, 6.07) is 11.0. The number of benzene rings is 2. The van der Waals surface area contributed by atoms with E-state index in [1.807, 2.05) is 0 Å². The van der Waals surface area contributed by atoms with Crippen LogP contribution in [0.2, 0.25) is 0 Å². The van der Waals surface area contributed by atoms with E-state index in [1.165, 1.54) is 24.3 Å². The molecule has 2 rings (SSSR count). The molecule has 0 fully saturated rings. The number of carbonyl (C=O) groups is 1. The molecule has 2 unspecified atom stereocenters. The Bertz CT molecular complexity index is 840. The molecule has 154 valence electrons. The van der Waals surface area contributed by atoms with Crippen molar-refractivity contribution >= 4 is 5.97 Å². The van der Waals surface area contributed by atoms with Gasteiger partial charge in [0.2, 0.25) is 0 Å². The summed E-state index contributed by atoms with van der Waals surface area (Å²) in [5.74, 6) is 0.778. The molecular weight excluding hydrogens is 385 g/mol. The Morgan fingerprint density at radius 3 is 1.97 bits per heavy atom. The lowest BCUT2D eigenvalue weighted by Gasteiger charge is -2.12. The van der Waals surface area contributed by atoms with Crippen molar-refractivity contribution in [3.05, 3.63) is 78.9 Å². The van der Waals surface area contributed by atoms with E-state index in [9.17, 15) is 18.0 Å². The van der Waals surface area contributed by atoms with Gasteiger partial charge in [0, 0.05) is 6.08 Å². The number of carbonyl (C=O) groups excluding carboxylic acids is 1. The van der Waals surface area contributed by atoms with Gasteiger partial charge < -0.3 is 14.2 Å². The lowest BCUT2D eigenvalue weighted by Crippen LogP contribution is -2.12. The van der Waals surface area contributed by atoms with E-state index in [0.717, 1.165) is 12.1 Å². The molecule has 0 aliphatic heterocycles. The molecule has 0 N–H and O–H groups in total. The maximum absolute atomic E-state index is 12.6. The number of ether oxygens (including phenoxy) is 3. The molecule has 0 amide bonds. The fraction of sp³-hybridized carbons (Fsp3) is 0.227. The van der Waals surface area contributed by atoms with Gasteiger partial charge in [0.05, 0.1) is 5.56 Å². The third-order valence-electron chi connectivity index (χ3n) is 3.70. The summed E-state index contributed by atoms with van der Waals surface area (Å²) >= 11 is 0. The Labute approximate surface area is 167 Å². The van der Waals surface area contributed by atoms with Crippen LogP contribution in [0.1, 0.15) is 19.4 Å². The zero-order valence-corrected chi connectivity index (χ0v) is 16.0. The monoisotopic (exact) mass is 406 g/mol. The van der Waals surface area contributed by atoms with Gasteiger partial charge in [-0.2, -0.15) is 13.2 Å². The molecule has 0 aliphatic rings. The smallest absolute Gasteiger partial charge is 0.416 e. The average molecular weight is 406 g/mol. The van der Waals surface area contributed by atoms with Crippen LogP contribution in [-0.2, 0) is 15.7 Å². The third-order valence-corrected chi connectivity index (χ3v) is 3.70. The van der Waals surface area contributed by atoms with E-state index in [0.29, 0.717) is 11.5 Å². The summed E-state index contributed by atoms with van der Waals surface area (Å²) in [5.41, 5.74) is -0.738. The van der Waals surface area contributed by atoms with Crippen molar-refractivity contribution in [3.8, 4) is 17.2 Å². The van der Waals surface area contributed by atoms with Crippen LogP contribution in [0.15, 0.2) is 73.3 Å². The summed E-state index contributed by atoms with van der Waals surface area (Å²) < 4.78 is 53.9. The Morgan fingerprint density at radius 1 is 0.931 bits per heavy atom. The second-order valence-corrected chi connectivity index (χ2v) is 6.16. The molecule has 29 heavy (non-hydrogen) atoms. The molecular formula is C22H21F3O4. The second-order valence-electron chi connectivity index (χ2n) is 6.16. The normalized spacial score (nSPS) is 13.6. The molecule has 2 aromatic rings. The Hall–Kier alpha value is -3.22. The lowest BCUT2D eigenvalue weighted by atomic mass is 10.2. The van der Waals surface area contributed by atoms with E-state index in [1.54, 1.807) is 44.2 Å². The predicted molar refractivity (Wildman–Crippen MR) is 103 cm³/mol. The van der Waals surface area contributed by atoms with Crippen molar-refractivity contribution in [2.24, 2.45) is 0 Å². The van der Waals surface area contributed by atoms with Crippen LogP contribution in [0, 0.1) is 0 Å². The SMILES string of the molecule is C=CC(C)OC(=O)/C=C/C(C)Oc1ccc(Oc2ccc(C(F)(F)F)cc2)cc1. The van der Waals surface area contributed by atoms with Gasteiger partial charge in [-0.15, -0.1) is 0 Å². The van der Waals surface area contributed by atoms with Gasteiger partial charge in [0.15, 0.2) is 0 Å². The molecule has 0 aliphatic carbocycles. The molecule has 2 aromatic carbocycles. The third kappa shape index (κ3) is 7.37. The van der Waals surface area contributed by atoms with Gasteiger partial charge >= 0.3 is 12.1 Å². The Morgan fingerprint density at radius 2 is 1.45 bits per heavy atom. The minimum Gasteiger partial charge on any atom is -0.487 e. The van der Waals surface area contributed by atoms with Crippen LogP contribution in [0.5, 0.6) is 17.2 Å². The van der Waals surface area contributed by atoms with Crippen molar-refractivity contribution in [2.45, 2.75) is 32.2 Å². The van der Waals surface area contributed by atoms with E-state index >= 15 is 0 Å². The van der Waals surface area contributed by atoms with Crippen LogP contribution in [0.3, 0.4) is 0 Å². The van der Waals surface area contributed by atoms with Crippen molar-refractivity contribution in [1.29, 1.82) is 0 Å². The largest absolute Gasteiger partial charge is 0.487 e. The predicted octanol–water partition coefficient (Wildman–Crippen LogP) is 5.94.